The molecule has 2 rings (SSSR count). The number of hydrogen-bond acceptors (Lipinski definition) is 4. The molecular weight excluding hydrogens is 230 g/mol. The number of sulfonamides is 1. The van der Waals surface area contributed by atoms with Crippen molar-refractivity contribution in [3.63, 3.8) is 0 Å². The minimum absolute atomic E-state index is 0.177. The third-order valence-electron chi connectivity index (χ3n) is 2.85. The van der Waals surface area contributed by atoms with Gasteiger partial charge >= 0.3 is 0 Å². The predicted molar refractivity (Wildman–Crippen MR) is 57.4 cm³/mol. The van der Waals surface area contributed by atoms with Gasteiger partial charge in [-0.05, 0) is 12.8 Å². The van der Waals surface area contributed by atoms with E-state index in [4.69, 9.17) is 4.74 Å². The predicted octanol–water partition coefficient (Wildman–Crippen LogP) is 0.209. The molecule has 90 valence electrons. The van der Waals surface area contributed by atoms with Crippen LogP contribution in [0.1, 0.15) is 12.8 Å². The first kappa shape index (κ1) is 11.6. The number of piperidine rings is 1. The Bertz CT molecular complexity index is 421. The summed E-state index contributed by atoms with van der Waals surface area (Å²) >= 11 is 0. The van der Waals surface area contributed by atoms with Crippen LogP contribution in [0, 0.1) is 0 Å². The average molecular weight is 245 g/mol. The van der Waals surface area contributed by atoms with E-state index >= 15 is 0 Å². The van der Waals surface area contributed by atoms with Gasteiger partial charge in [-0.3, -0.25) is 5.10 Å². The summed E-state index contributed by atoms with van der Waals surface area (Å²) in [4.78, 5) is 0.225. The highest BCUT2D eigenvalue weighted by Gasteiger charge is 2.29. The van der Waals surface area contributed by atoms with Gasteiger partial charge in [0.25, 0.3) is 0 Å². The maximum Gasteiger partial charge on any atom is 0.246 e. The fraction of sp³-hybridized carbons (Fsp3) is 0.667. The van der Waals surface area contributed by atoms with Crippen molar-refractivity contribution < 1.29 is 13.2 Å². The Morgan fingerprint density at radius 3 is 2.69 bits per heavy atom. The van der Waals surface area contributed by atoms with Gasteiger partial charge < -0.3 is 4.74 Å². The SMILES string of the molecule is COC1CCN(S(=O)(=O)c2cn[nH]c2)CC1. The second-order valence-corrected chi connectivity index (χ2v) is 5.71. The lowest BCUT2D eigenvalue weighted by atomic mass is 10.1. The van der Waals surface area contributed by atoms with Crippen molar-refractivity contribution >= 4 is 10.0 Å². The van der Waals surface area contributed by atoms with Gasteiger partial charge in [0.1, 0.15) is 4.90 Å². The average Bonchev–Trinajstić information content (AvgIpc) is 2.83. The number of aromatic nitrogens is 2. The van der Waals surface area contributed by atoms with Crippen molar-refractivity contribution in [2.45, 2.75) is 23.8 Å². The Labute approximate surface area is 94.6 Å². The van der Waals surface area contributed by atoms with Gasteiger partial charge in [0.15, 0.2) is 0 Å². The van der Waals surface area contributed by atoms with Crippen LogP contribution in [0.3, 0.4) is 0 Å². The molecule has 0 bridgehead atoms. The number of methoxy groups -OCH3 is 1. The third kappa shape index (κ3) is 2.11. The van der Waals surface area contributed by atoms with Crippen LogP contribution in [0.2, 0.25) is 0 Å². The second kappa shape index (κ2) is 4.52. The number of aromatic amines is 1. The fourth-order valence-electron chi connectivity index (χ4n) is 1.84. The van der Waals surface area contributed by atoms with E-state index in [1.165, 1.54) is 16.7 Å². The van der Waals surface area contributed by atoms with E-state index in [0.717, 1.165) is 12.8 Å². The van der Waals surface area contributed by atoms with Gasteiger partial charge in [0, 0.05) is 26.4 Å². The van der Waals surface area contributed by atoms with Gasteiger partial charge in [-0.2, -0.15) is 9.40 Å². The van der Waals surface area contributed by atoms with Crippen molar-refractivity contribution in [3.05, 3.63) is 12.4 Å². The lowest BCUT2D eigenvalue weighted by Gasteiger charge is -2.29. The van der Waals surface area contributed by atoms with Crippen LogP contribution in [-0.4, -0.2) is 49.2 Å². The summed E-state index contributed by atoms with van der Waals surface area (Å²) in [6, 6.07) is 0. The maximum atomic E-state index is 12.1. The molecule has 6 nitrogen and oxygen atoms in total. The zero-order valence-corrected chi connectivity index (χ0v) is 9.90. The summed E-state index contributed by atoms with van der Waals surface area (Å²) in [6.45, 7) is 1.01. The smallest absolute Gasteiger partial charge is 0.246 e. The van der Waals surface area contributed by atoms with E-state index in [1.54, 1.807) is 7.11 Å². The molecule has 0 aromatic carbocycles. The number of hydrogen-bond donors (Lipinski definition) is 1. The molecule has 0 aliphatic carbocycles. The molecule has 0 unspecified atom stereocenters. The number of rotatable bonds is 3. The fourth-order valence-corrected chi connectivity index (χ4v) is 3.21. The summed E-state index contributed by atoms with van der Waals surface area (Å²) in [5.41, 5.74) is 0. The van der Waals surface area contributed by atoms with Crippen LogP contribution in [0.4, 0.5) is 0 Å². The number of H-pyrrole nitrogens is 1. The molecule has 1 N–H and O–H groups in total. The topological polar surface area (TPSA) is 75.3 Å². The molecule has 1 saturated heterocycles. The lowest BCUT2D eigenvalue weighted by Crippen LogP contribution is -2.40. The monoisotopic (exact) mass is 245 g/mol. The summed E-state index contributed by atoms with van der Waals surface area (Å²) in [5, 5.41) is 6.17. The van der Waals surface area contributed by atoms with Crippen LogP contribution >= 0.6 is 0 Å². The zero-order valence-electron chi connectivity index (χ0n) is 9.09. The molecule has 0 atom stereocenters. The number of nitrogens with one attached hydrogen (secondary N) is 1. The Balaban J connectivity index is 2.09. The lowest BCUT2D eigenvalue weighted by molar-refractivity contribution is 0.0604. The Morgan fingerprint density at radius 1 is 1.50 bits per heavy atom. The van der Waals surface area contributed by atoms with Gasteiger partial charge in [0.2, 0.25) is 10.0 Å². The van der Waals surface area contributed by atoms with Crippen molar-refractivity contribution in [2.24, 2.45) is 0 Å². The second-order valence-electron chi connectivity index (χ2n) is 3.77. The first-order chi connectivity index (χ1) is 7.64. The van der Waals surface area contributed by atoms with E-state index in [9.17, 15) is 8.42 Å². The van der Waals surface area contributed by atoms with E-state index in [1.807, 2.05) is 0 Å². The van der Waals surface area contributed by atoms with E-state index in [2.05, 4.69) is 10.2 Å². The quantitative estimate of drug-likeness (QED) is 0.826. The van der Waals surface area contributed by atoms with Crippen LogP contribution < -0.4 is 0 Å². The van der Waals surface area contributed by atoms with Crippen molar-refractivity contribution in [1.82, 2.24) is 14.5 Å². The zero-order chi connectivity index (χ0) is 11.6. The molecule has 0 radical (unpaired) electrons. The van der Waals surface area contributed by atoms with Crippen molar-refractivity contribution in [1.29, 1.82) is 0 Å². The Kier molecular flexibility index (Phi) is 3.27. The minimum atomic E-state index is -3.37. The normalized spacial score (nSPS) is 20.1. The Hall–Kier alpha value is -0.920. The molecule has 1 fully saturated rings. The molecule has 0 spiro atoms. The van der Waals surface area contributed by atoms with Crippen LogP contribution in [-0.2, 0) is 14.8 Å². The molecule has 1 aromatic rings. The standard InChI is InChI=1S/C9H15N3O3S/c1-15-8-2-4-12(5-3-8)16(13,14)9-6-10-11-7-9/h6-8H,2-5H2,1H3,(H,10,11). The van der Waals surface area contributed by atoms with E-state index in [0.29, 0.717) is 13.1 Å². The molecule has 0 saturated carbocycles. The third-order valence-corrected chi connectivity index (χ3v) is 4.71. The largest absolute Gasteiger partial charge is 0.381 e. The first-order valence-corrected chi connectivity index (χ1v) is 6.60. The Morgan fingerprint density at radius 2 is 2.19 bits per heavy atom. The minimum Gasteiger partial charge on any atom is -0.381 e. The highest BCUT2D eigenvalue weighted by molar-refractivity contribution is 7.89. The maximum absolute atomic E-state index is 12.1. The molecule has 16 heavy (non-hydrogen) atoms. The van der Waals surface area contributed by atoms with E-state index in [-0.39, 0.29) is 11.0 Å². The number of nitrogens with zero attached hydrogens (tertiary/aromatic N) is 2. The molecule has 7 heteroatoms. The van der Waals surface area contributed by atoms with Crippen LogP contribution in [0.25, 0.3) is 0 Å². The van der Waals surface area contributed by atoms with Gasteiger partial charge in [-0.1, -0.05) is 0 Å². The van der Waals surface area contributed by atoms with Gasteiger partial charge in [0.05, 0.1) is 12.3 Å². The summed E-state index contributed by atoms with van der Waals surface area (Å²) in [6.07, 6.45) is 4.40. The van der Waals surface area contributed by atoms with Gasteiger partial charge in [-0.15, -0.1) is 0 Å². The molecule has 1 aliphatic rings. The molecule has 1 aromatic heterocycles. The molecule has 2 heterocycles. The highest BCUT2D eigenvalue weighted by atomic mass is 32.2. The van der Waals surface area contributed by atoms with Crippen LogP contribution in [0.5, 0.6) is 0 Å². The summed E-state index contributed by atoms with van der Waals surface area (Å²) in [7, 11) is -1.71. The molecule has 0 amide bonds. The molecular formula is C9H15N3O3S. The highest BCUT2D eigenvalue weighted by Crippen LogP contribution is 2.20. The first-order valence-electron chi connectivity index (χ1n) is 5.16. The van der Waals surface area contributed by atoms with E-state index < -0.39 is 10.0 Å². The number of ether oxygens (including phenoxy) is 1. The van der Waals surface area contributed by atoms with Crippen LogP contribution in [0.15, 0.2) is 17.3 Å². The summed E-state index contributed by atoms with van der Waals surface area (Å²) in [5.74, 6) is 0. The van der Waals surface area contributed by atoms with Gasteiger partial charge in [-0.25, -0.2) is 8.42 Å². The van der Waals surface area contributed by atoms with Crippen molar-refractivity contribution in [3.8, 4) is 0 Å². The molecule has 1 aliphatic heterocycles. The van der Waals surface area contributed by atoms with Crippen molar-refractivity contribution in [2.75, 3.05) is 20.2 Å². The summed E-state index contributed by atoms with van der Waals surface area (Å²) < 4.78 is 30.8.